The normalized spacial score (nSPS) is 10.2. The Hall–Kier alpha value is -2.20. The third-order valence-corrected chi connectivity index (χ3v) is 3.13. The van der Waals surface area contributed by atoms with Gasteiger partial charge in [0, 0.05) is 16.4 Å². The lowest BCUT2D eigenvalue weighted by molar-refractivity contribution is 0.0698. The molecule has 0 bridgehead atoms. The van der Waals surface area contributed by atoms with Crippen LogP contribution in [0.15, 0.2) is 36.4 Å². The molecule has 4 N–H and O–H groups in total. The molecule has 0 atom stereocenters. The maximum absolute atomic E-state index is 11.1. The van der Waals surface area contributed by atoms with Gasteiger partial charge in [0.1, 0.15) is 0 Å². The zero-order valence-corrected chi connectivity index (χ0v) is 11.0. The van der Waals surface area contributed by atoms with Crippen LogP contribution >= 0.6 is 11.6 Å². The maximum atomic E-state index is 11.1. The molecular weight excluding hydrogens is 264 g/mol. The lowest BCUT2D eigenvalue weighted by atomic mass is 10.1. The first-order chi connectivity index (χ1) is 8.97. The third-order valence-electron chi connectivity index (χ3n) is 2.72. The Balaban J connectivity index is 2.39. The third kappa shape index (κ3) is 2.98. The Kier molecular flexibility index (Phi) is 3.62. The van der Waals surface area contributed by atoms with E-state index in [2.05, 4.69) is 5.32 Å². The van der Waals surface area contributed by atoms with Gasteiger partial charge < -0.3 is 16.2 Å². The van der Waals surface area contributed by atoms with Crippen LogP contribution in [0.5, 0.6) is 0 Å². The standard InChI is InChI=1S/C14H13ClN2O2/c1-8-2-4-10(7-12(8)15)17-13-6-9(16)3-5-11(13)14(18)19/h2-7,17H,16H2,1H3,(H,18,19). The molecule has 0 aliphatic rings. The van der Waals surface area contributed by atoms with Crippen molar-refractivity contribution >= 4 is 34.6 Å². The van der Waals surface area contributed by atoms with E-state index in [0.717, 1.165) is 5.56 Å². The van der Waals surface area contributed by atoms with Crippen LogP contribution < -0.4 is 11.1 Å². The Bertz CT molecular complexity index is 641. The van der Waals surface area contributed by atoms with Crippen LogP contribution in [-0.4, -0.2) is 11.1 Å². The molecule has 2 aromatic rings. The summed E-state index contributed by atoms with van der Waals surface area (Å²) in [6.07, 6.45) is 0. The molecule has 0 heterocycles. The van der Waals surface area contributed by atoms with E-state index in [-0.39, 0.29) is 5.56 Å². The van der Waals surface area contributed by atoms with Gasteiger partial charge in [-0.15, -0.1) is 0 Å². The van der Waals surface area contributed by atoms with Crippen molar-refractivity contribution in [3.05, 3.63) is 52.5 Å². The highest BCUT2D eigenvalue weighted by Crippen LogP contribution is 2.26. The first-order valence-corrected chi connectivity index (χ1v) is 6.01. The molecule has 2 aromatic carbocycles. The minimum Gasteiger partial charge on any atom is -0.478 e. The summed E-state index contributed by atoms with van der Waals surface area (Å²) < 4.78 is 0. The van der Waals surface area contributed by atoms with Crippen molar-refractivity contribution in [2.24, 2.45) is 0 Å². The summed E-state index contributed by atoms with van der Waals surface area (Å²) in [4.78, 5) is 11.1. The van der Waals surface area contributed by atoms with E-state index < -0.39 is 5.97 Å². The molecule has 5 heteroatoms. The smallest absolute Gasteiger partial charge is 0.337 e. The van der Waals surface area contributed by atoms with Gasteiger partial charge in [-0.3, -0.25) is 0 Å². The van der Waals surface area contributed by atoms with Crippen LogP contribution in [0.1, 0.15) is 15.9 Å². The fourth-order valence-electron chi connectivity index (χ4n) is 1.68. The average Bonchev–Trinajstić information content (AvgIpc) is 2.33. The van der Waals surface area contributed by atoms with Gasteiger partial charge >= 0.3 is 5.97 Å². The molecule has 2 rings (SSSR count). The molecule has 0 spiro atoms. The number of carbonyl (C=O) groups is 1. The van der Waals surface area contributed by atoms with Gasteiger partial charge in [-0.2, -0.15) is 0 Å². The number of carboxylic acids is 1. The fourth-order valence-corrected chi connectivity index (χ4v) is 1.86. The van der Waals surface area contributed by atoms with E-state index in [4.69, 9.17) is 22.4 Å². The van der Waals surface area contributed by atoms with Crippen molar-refractivity contribution in [1.29, 1.82) is 0 Å². The highest BCUT2D eigenvalue weighted by Gasteiger charge is 2.10. The Labute approximate surface area is 115 Å². The maximum Gasteiger partial charge on any atom is 0.337 e. The first kappa shape index (κ1) is 13.2. The van der Waals surface area contributed by atoms with E-state index in [9.17, 15) is 4.79 Å². The van der Waals surface area contributed by atoms with E-state index in [1.165, 1.54) is 6.07 Å². The van der Waals surface area contributed by atoms with Crippen molar-refractivity contribution in [1.82, 2.24) is 0 Å². The number of benzene rings is 2. The van der Waals surface area contributed by atoms with Gasteiger partial charge in [-0.25, -0.2) is 4.79 Å². The van der Waals surface area contributed by atoms with Crippen LogP contribution in [0.3, 0.4) is 0 Å². The summed E-state index contributed by atoms with van der Waals surface area (Å²) in [7, 11) is 0. The van der Waals surface area contributed by atoms with Crippen molar-refractivity contribution in [2.75, 3.05) is 11.1 Å². The quantitative estimate of drug-likeness (QED) is 0.748. The zero-order valence-electron chi connectivity index (χ0n) is 10.3. The summed E-state index contributed by atoms with van der Waals surface area (Å²) in [5.74, 6) is -1.01. The molecule has 0 unspecified atom stereocenters. The van der Waals surface area contributed by atoms with Crippen molar-refractivity contribution in [3.63, 3.8) is 0 Å². The lowest BCUT2D eigenvalue weighted by Crippen LogP contribution is -2.03. The second-order valence-electron chi connectivity index (χ2n) is 4.20. The number of rotatable bonds is 3. The van der Waals surface area contributed by atoms with Gasteiger partial charge in [-0.1, -0.05) is 17.7 Å². The van der Waals surface area contributed by atoms with E-state index in [0.29, 0.717) is 22.1 Å². The van der Waals surface area contributed by atoms with Gasteiger partial charge in [0.25, 0.3) is 0 Å². The van der Waals surface area contributed by atoms with E-state index in [1.807, 2.05) is 19.1 Å². The highest BCUT2D eigenvalue weighted by atomic mass is 35.5. The first-order valence-electron chi connectivity index (χ1n) is 5.63. The molecule has 0 aromatic heterocycles. The number of nitrogen functional groups attached to an aromatic ring is 1. The van der Waals surface area contributed by atoms with Crippen molar-refractivity contribution < 1.29 is 9.90 Å². The second kappa shape index (κ2) is 5.20. The Morgan fingerprint density at radius 1 is 1.26 bits per heavy atom. The van der Waals surface area contributed by atoms with E-state index >= 15 is 0 Å². The summed E-state index contributed by atoms with van der Waals surface area (Å²) in [6.45, 7) is 1.90. The second-order valence-corrected chi connectivity index (χ2v) is 4.61. The van der Waals surface area contributed by atoms with E-state index in [1.54, 1.807) is 18.2 Å². The minimum absolute atomic E-state index is 0.158. The summed E-state index contributed by atoms with van der Waals surface area (Å²) in [6, 6.07) is 10.0. The number of nitrogens with one attached hydrogen (secondary N) is 1. The van der Waals surface area contributed by atoms with Gasteiger partial charge in [0.05, 0.1) is 11.3 Å². The molecule has 0 radical (unpaired) electrons. The number of anilines is 3. The molecule has 0 aliphatic carbocycles. The molecular formula is C14H13ClN2O2. The molecule has 0 fully saturated rings. The van der Waals surface area contributed by atoms with Crippen LogP contribution in [0, 0.1) is 6.92 Å². The van der Waals surface area contributed by atoms with Crippen LogP contribution in [0.4, 0.5) is 17.1 Å². The molecule has 4 nitrogen and oxygen atoms in total. The van der Waals surface area contributed by atoms with Crippen LogP contribution in [0.25, 0.3) is 0 Å². The number of hydrogen-bond acceptors (Lipinski definition) is 3. The summed E-state index contributed by atoms with van der Waals surface area (Å²) in [5.41, 5.74) is 8.43. The largest absolute Gasteiger partial charge is 0.478 e. The number of nitrogens with two attached hydrogens (primary N) is 1. The van der Waals surface area contributed by atoms with Gasteiger partial charge in [-0.05, 0) is 42.8 Å². The molecule has 98 valence electrons. The minimum atomic E-state index is -1.01. The highest BCUT2D eigenvalue weighted by molar-refractivity contribution is 6.31. The number of aromatic carboxylic acids is 1. The van der Waals surface area contributed by atoms with Gasteiger partial charge in [0.15, 0.2) is 0 Å². The summed E-state index contributed by atoms with van der Waals surface area (Å²) >= 11 is 6.03. The average molecular weight is 277 g/mol. The molecule has 19 heavy (non-hydrogen) atoms. The van der Waals surface area contributed by atoms with Gasteiger partial charge in [0.2, 0.25) is 0 Å². The Morgan fingerprint density at radius 3 is 2.63 bits per heavy atom. The fraction of sp³-hybridized carbons (Fsp3) is 0.0714. The SMILES string of the molecule is Cc1ccc(Nc2cc(N)ccc2C(=O)O)cc1Cl. The van der Waals surface area contributed by atoms with Crippen molar-refractivity contribution in [3.8, 4) is 0 Å². The zero-order chi connectivity index (χ0) is 14.0. The molecule has 0 amide bonds. The van der Waals surface area contributed by atoms with Crippen molar-refractivity contribution in [2.45, 2.75) is 6.92 Å². The predicted octanol–water partition coefficient (Wildman–Crippen LogP) is 3.67. The number of aryl methyl sites for hydroxylation is 1. The topological polar surface area (TPSA) is 75.3 Å². The molecule has 0 aliphatic heterocycles. The number of carboxylic acid groups (broad SMARTS) is 1. The lowest BCUT2D eigenvalue weighted by Gasteiger charge is -2.11. The number of halogens is 1. The monoisotopic (exact) mass is 276 g/mol. The Morgan fingerprint density at radius 2 is 2.00 bits per heavy atom. The van der Waals surface area contributed by atoms with Crippen LogP contribution in [0.2, 0.25) is 5.02 Å². The summed E-state index contributed by atoms with van der Waals surface area (Å²) in [5, 5.41) is 12.8. The molecule has 0 saturated carbocycles. The number of hydrogen-bond donors (Lipinski definition) is 3. The molecule has 0 saturated heterocycles. The van der Waals surface area contributed by atoms with Crippen LogP contribution in [-0.2, 0) is 0 Å². The predicted molar refractivity (Wildman–Crippen MR) is 77.3 cm³/mol.